The zero-order valence-electron chi connectivity index (χ0n) is 13.7. The molecule has 1 heterocycles. The topological polar surface area (TPSA) is 55.5 Å². The number of rotatable bonds is 6. The van der Waals surface area contributed by atoms with E-state index in [2.05, 4.69) is 27.7 Å². The Morgan fingerprint density at radius 1 is 1.14 bits per heavy atom. The van der Waals surface area contributed by atoms with E-state index in [-0.39, 0.29) is 12.5 Å². The van der Waals surface area contributed by atoms with Crippen molar-refractivity contribution in [1.29, 1.82) is 0 Å². The molecular weight excluding hydrogens is 280 g/mol. The Balaban J connectivity index is 2.24. The van der Waals surface area contributed by atoms with Crippen LogP contribution in [0.4, 0.5) is 0 Å². The van der Waals surface area contributed by atoms with Crippen LogP contribution in [-0.2, 0) is 11.3 Å². The van der Waals surface area contributed by atoms with Gasteiger partial charge in [0.05, 0.1) is 5.52 Å². The second-order valence-electron chi connectivity index (χ2n) is 6.51. The van der Waals surface area contributed by atoms with Gasteiger partial charge >= 0.3 is 5.76 Å². The number of carbonyl (C=O) groups is 1. The Kier molecular flexibility index (Phi) is 5.06. The molecule has 5 nitrogen and oxygen atoms in total. The highest BCUT2D eigenvalue weighted by Gasteiger charge is 2.19. The molecule has 0 aliphatic carbocycles. The molecule has 22 heavy (non-hydrogen) atoms. The molecule has 0 saturated heterocycles. The first-order valence-electron chi connectivity index (χ1n) is 7.74. The van der Waals surface area contributed by atoms with E-state index in [1.807, 2.05) is 11.0 Å². The first-order chi connectivity index (χ1) is 10.4. The van der Waals surface area contributed by atoms with Crippen LogP contribution < -0.4 is 5.76 Å². The fourth-order valence-corrected chi connectivity index (χ4v) is 2.56. The second-order valence-corrected chi connectivity index (χ2v) is 6.51. The number of hydrogen-bond acceptors (Lipinski definition) is 3. The van der Waals surface area contributed by atoms with Gasteiger partial charge in [-0.15, -0.1) is 0 Å². The fraction of sp³-hybridized carbons (Fsp3) is 0.529. The Labute approximate surface area is 130 Å². The van der Waals surface area contributed by atoms with E-state index in [4.69, 9.17) is 4.42 Å². The molecule has 0 N–H and O–H groups in total. The van der Waals surface area contributed by atoms with Crippen molar-refractivity contribution in [3.63, 3.8) is 0 Å². The lowest BCUT2D eigenvalue weighted by Crippen LogP contribution is -2.40. The van der Waals surface area contributed by atoms with E-state index in [9.17, 15) is 9.59 Å². The average Bonchev–Trinajstić information content (AvgIpc) is 2.73. The summed E-state index contributed by atoms with van der Waals surface area (Å²) in [6, 6.07) is 7.17. The fourth-order valence-electron chi connectivity index (χ4n) is 2.56. The molecule has 120 valence electrons. The number of oxazole rings is 1. The van der Waals surface area contributed by atoms with Crippen molar-refractivity contribution in [3.05, 3.63) is 34.8 Å². The second kappa shape index (κ2) is 6.81. The van der Waals surface area contributed by atoms with E-state index < -0.39 is 5.76 Å². The zero-order chi connectivity index (χ0) is 16.3. The molecule has 2 aromatic rings. The number of amides is 1. The normalized spacial score (nSPS) is 11.5. The maximum absolute atomic E-state index is 12.6. The molecule has 0 bridgehead atoms. The van der Waals surface area contributed by atoms with Crippen molar-refractivity contribution < 1.29 is 9.21 Å². The lowest BCUT2D eigenvalue weighted by molar-refractivity contribution is -0.133. The van der Waals surface area contributed by atoms with Gasteiger partial charge < -0.3 is 9.32 Å². The maximum atomic E-state index is 12.6. The molecule has 0 atom stereocenters. The summed E-state index contributed by atoms with van der Waals surface area (Å²) in [5, 5.41) is 0. The molecule has 1 amide bonds. The molecule has 0 radical (unpaired) electrons. The Morgan fingerprint density at radius 3 is 2.32 bits per heavy atom. The summed E-state index contributed by atoms with van der Waals surface area (Å²) in [6.07, 6.45) is 0. The number of aromatic nitrogens is 1. The summed E-state index contributed by atoms with van der Waals surface area (Å²) >= 11 is 0. The highest BCUT2D eigenvalue weighted by molar-refractivity contribution is 5.79. The van der Waals surface area contributed by atoms with Gasteiger partial charge in [-0.2, -0.15) is 0 Å². The minimum Gasteiger partial charge on any atom is -0.408 e. The predicted molar refractivity (Wildman–Crippen MR) is 86.7 cm³/mol. The molecule has 0 spiro atoms. The summed E-state index contributed by atoms with van der Waals surface area (Å²) in [6.45, 7) is 9.75. The molecular formula is C17H24N2O3. The largest absolute Gasteiger partial charge is 0.420 e. The van der Waals surface area contributed by atoms with Crippen molar-refractivity contribution in [3.8, 4) is 0 Å². The number of nitrogens with zero attached hydrogens (tertiary/aromatic N) is 2. The monoisotopic (exact) mass is 304 g/mol. The minimum atomic E-state index is -0.483. The maximum Gasteiger partial charge on any atom is 0.420 e. The van der Waals surface area contributed by atoms with Crippen LogP contribution in [0.5, 0.6) is 0 Å². The number of carbonyl (C=O) groups excluding carboxylic acids is 1. The van der Waals surface area contributed by atoms with E-state index in [1.165, 1.54) is 4.57 Å². The van der Waals surface area contributed by atoms with Crippen molar-refractivity contribution in [1.82, 2.24) is 9.47 Å². The summed E-state index contributed by atoms with van der Waals surface area (Å²) in [7, 11) is 0. The van der Waals surface area contributed by atoms with Crippen LogP contribution in [0.25, 0.3) is 11.1 Å². The number of hydrogen-bond donors (Lipinski definition) is 0. The van der Waals surface area contributed by atoms with Crippen LogP contribution >= 0.6 is 0 Å². The van der Waals surface area contributed by atoms with Crippen LogP contribution in [0.1, 0.15) is 27.7 Å². The average molecular weight is 304 g/mol. The molecule has 0 saturated carbocycles. The van der Waals surface area contributed by atoms with E-state index in [1.54, 1.807) is 18.2 Å². The molecule has 2 rings (SSSR count). The van der Waals surface area contributed by atoms with Gasteiger partial charge in [0.1, 0.15) is 6.54 Å². The van der Waals surface area contributed by atoms with Crippen LogP contribution in [0.3, 0.4) is 0 Å². The highest BCUT2D eigenvalue weighted by Crippen LogP contribution is 2.12. The van der Waals surface area contributed by atoms with Crippen molar-refractivity contribution >= 4 is 17.0 Å². The zero-order valence-corrected chi connectivity index (χ0v) is 13.7. The molecule has 1 aromatic heterocycles. The van der Waals surface area contributed by atoms with Gasteiger partial charge in [-0.05, 0) is 24.0 Å². The standard InChI is InChI=1S/C17H24N2O3/c1-12(2)9-18(10-13(3)4)16(20)11-19-14-7-5-6-8-15(14)22-17(19)21/h5-8,12-13H,9-11H2,1-4H3. The number of fused-ring (bicyclic) bond motifs is 1. The molecule has 0 aliphatic rings. The van der Waals surface area contributed by atoms with E-state index in [0.717, 1.165) is 0 Å². The summed E-state index contributed by atoms with van der Waals surface area (Å²) in [4.78, 5) is 26.4. The van der Waals surface area contributed by atoms with E-state index >= 15 is 0 Å². The third kappa shape index (κ3) is 3.78. The van der Waals surface area contributed by atoms with Gasteiger partial charge in [0.15, 0.2) is 5.58 Å². The van der Waals surface area contributed by atoms with Gasteiger partial charge in [-0.25, -0.2) is 4.79 Å². The van der Waals surface area contributed by atoms with Gasteiger partial charge in [0, 0.05) is 13.1 Å². The third-order valence-electron chi connectivity index (χ3n) is 3.39. The van der Waals surface area contributed by atoms with Gasteiger partial charge in [0.2, 0.25) is 5.91 Å². The van der Waals surface area contributed by atoms with Crippen molar-refractivity contribution in [2.45, 2.75) is 34.2 Å². The first-order valence-corrected chi connectivity index (χ1v) is 7.74. The van der Waals surface area contributed by atoms with Gasteiger partial charge in [-0.3, -0.25) is 9.36 Å². The summed E-state index contributed by atoms with van der Waals surface area (Å²) in [5.41, 5.74) is 1.18. The van der Waals surface area contributed by atoms with Gasteiger partial charge in [-0.1, -0.05) is 39.8 Å². The predicted octanol–water partition coefficient (Wildman–Crippen LogP) is 2.74. The van der Waals surface area contributed by atoms with Crippen LogP contribution in [0.2, 0.25) is 0 Å². The molecule has 0 unspecified atom stereocenters. The molecule has 5 heteroatoms. The highest BCUT2D eigenvalue weighted by atomic mass is 16.4. The van der Waals surface area contributed by atoms with Gasteiger partial charge in [0.25, 0.3) is 0 Å². The Bertz CT molecular complexity index is 687. The first kappa shape index (κ1) is 16.3. The van der Waals surface area contributed by atoms with Crippen LogP contribution in [0, 0.1) is 11.8 Å². The lowest BCUT2D eigenvalue weighted by Gasteiger charge is -2.26. The Morgan fingerprint density at radius 2 is 1.73 bits per heavy atom. The minimum absolute atomic E-state index is 0.0231. The van der Waals surface area contributed by atoms with E-state index in [0.29, 0.717) is 36.0 Å². The number of benzene rings is 1. The van der Waals surface area contributed by atoms with Crippen LogP contribution in [-0.4, -0.2) is 28.5 Å². The lowest BCUT2D eigenvalue weighted by atomic mass is 10.1. The van der Waals surface area contributed by atoms with Crippen molar-refractivity contribution in [2.75, 3.05) is 13.1 Å². The number of para-hydroxylation sites is 2. The van der Waals surface area contributed by atoms with Crippen molar-refractivity contribution in [2.24, 2.45) is 11.8 Å². The van der Waals surface area contributed by atoms with Crippen LogP contribution in [0.15, 0.2) is 33.5 Å². The smallest absolute Gasteiger partial charge is 0.408 e. The summed E-state index contributed by atoms with van der Waals surface area (Å²) in [5.74, 6) is 0.251. The third-order valence-corrected chi connectivity index (χ3v) is 3.39. The quantitative estimate of drug-likeness (QED) is 0.824. The Hall–Kier alpha value is -2.04. The molecule has 1 aromatic carbocycles. The molecule has 0 aliphatic heterocycles. The SMILES string of the molecule is CC(C)CN(CC(C)C)C(=O)Cn1c(=O)oc2ccccc21. The summed E-state index contributed by atoms with van der Waals surface area (Å²) < 4.78 is 6.59. The molecule has 0 fully saturated rings.